The Balaban J connectivity index is 0.000000232. The van der Waals surface area contributed by atoms with Crippen LogP contribution in [0, 0.1) is 11.8 Å². The quantitative estimate of drug-likeness (QED) is 0.414. The molecule has 0 bridgehead atoms. The molecule has 0 aromatic heterocycles. The van der Waals surface area contributed by atoms with E-state index in [1.807, 2.05) is 0 Å². The lowest BCUT2D eigenvalue weighted by molar-refractivity contribution is 0.196. The minimum atomic E-state index is 0.655. The Morgan fingerprint density at radius 3 is 1.70 bits per heavy atom. The maximum Gasteiger partial charge on any atom is 0.485 e. The molecule has 0 atom stereocenters. The summed E-state index contributed by atoms with van der Waals surface area (Å²) in [5.74, 6) is 2.28. The van der Waals surface area contributed by atoms with Crippen molar-refractivity contribution in [3.8, 4) is 0 Å². The van der Waals surface area contributed by atoms with Crippen molar-refractivity contribution < 1.29 is 9.68 Å². The third-order valence-corrected chi connectivity index (χ3v) is 5.66. The Kier molecular flexibility index (Phi) is 14.2. The molecule has 0 aromatic carbocycles. The molecule has 0 spiro atoms. The molecule has 0 aromatic rings. The minimum absolute atomic E-state index is 0.655. The van der Waals surface area contributed by atoms with Crippen LogP contribution in [0.25, 0.3) is 0 Å². The maximum absolute atomic E-state index is 8.16. The molecule has 1 N–H and O–H groups in total. The molecule has 3 heteroatoms. The van der Waals surface area contributed by atoms with Crippen LogP contribution in [-0.4, -0.2) is 19.3 Å². The van der Waals surface area contributed by atoms with Crippen LogP contribution in [0.4, 0.5) is 0 Å². The smallest absolute Gasteiger partial charge is 0.429 e. The van der Waals surface area contributed by atoms with E-state index in [4.69, 9.17) is 5.02 Å². The predicted octanol–water partition coefficient (Wildman–Crippen LogP) is 6.04. The van der Waals surface area contributed by atoms with Gasteiger partial charge in [-0.2, -0.15) is 0 Å². The molecule has 0 aliphatic heterocycles. The van der Waals surface area contributed by atoms with E-state index in [2.05, 4.69) is 11.6 Å². The average molecular weight is 323 g/mol. The second kappa shape index (κ2) is 15.5. The van der Waals surface area contributed by atoms with Crippen molar-refractivity contribution in [3.63, 3.8) is 0 Å². The number of hydrogen-bond acceptors (Lipinski definition) is 2. The Bertz CT molecular complexity index is 212. The van der Waals surface area contributed by atoms with Crippen LogP contribution in [0.5, 0.6) is 0 Å². The van der Waals surface area contributed by atoms with Crippen molar-refractivity contribution in [3.05, 3.63) is 0 Å². The summed E-state index contributed by atoms with van der Waals surface area (Å²) in [7, 11) is 0.770. The summed E-state index contributed by atoms with van der Waals surface area (Å²) >= 11 is 0. The second-order valence-corrected chi connectivity index (χ2v) is 7.54. The van der Waals surface area contributed by atoms with Gasteiger partial charge in [0.1, 0.15) is 0 Å². The van der Waals surface area contributed by atoms with E-state index in [1.54, 1.807) is 25.7 Å². The third kappa shape index (κ3) is 11.2. The number of rotatable bonds is 9. The van der Waals surface area contributed by atoms with Gasteiger partial charge in [0.2, 0.25) is 0 Å². The van der Waals surface area contributed by atoms with E-state index in [-0.39, 0.29) is 0 Å². The number of hydrogen-bond donors (Lipinski definition) is 1. The van der Waals surface area contributed by atoms with Crippen molar-refractivity contribution in [2.24, 2.45) is 11.8 Å². The lowest BCUT2D eigenvalue weighted by Crippen LogP contribution is -2.20. The first-order valence-electron chi connectivity index (χ1n) is 10.5. The molecule has 0 unspecified atom stereocenters. The number of unbranched alkanes of at least 4 members (excludes halogenated alkanes) is 5. The van der Waals surface area contributed by atoms with E-state index >= 15 is 0 Å². The molecule has 1 radical (unpaired) electrons. The van der Waals surface area contributed by atoms with Crippen LogP contribution in [0.15, 0.2) is 0 Å². The molecule has 2 aliphatic carbocycles. The first-order chi connectivity index (χ1) is 11.4. The lowest BCUT2D eigenvalue weighted by atomic mass is 9.73. The summed E-state index contributed by atoms with van der Waals surface area (Å²) in [5.41, 5.74) is 0. The fraction of sp³-hybridized carbons (Fsp3) is 1.00. The molecular weight excluding hydrogens is 283 g/mol. The summed E-state index contributed by atoms with van der Waals surface area (Å²) < 4.78 is 4.67. The van der Waals surface area contributed by atoms with E-state index < -0.39 is 0 Å². The van der Waals surface area contributed by atoms with Gasteiger partial charge in [0, 0.05) is 6.61 Å². The van der Waals surface area contributed by atoms with E-state index in [0.29, 0.717) is 6.61 Å². The molecule has 2 saturated carbocycles. The van der Waals surface area contributed by atoms with Gasteiger partial charge >= 0.3 is 7.69 Å². The Labute approximate surface area is 146 Å². The molecule has 135 valence electrons. The predicted molar refractivity (Wildman–Crippen MR) is 100 cm³/mol. The third-order valence-electron chi connectivity index (χ3n) is 5.66. The fourth-order valence-corrected chi connectivity index (χ4v) is 4.23. The van der Waals surface area contributed by atoms with Crippen molar-refractivity contribution in [2.45, 2.75) is 110 Å². The van der Waals surface area contributed by atoms with E-state index in [9.17, 15) is 0 Å². The van der Waals surface area contributed by atoms with Gasteiger partial charge in [-0.05, 0) is 18.3 Å². The van der Waals surface area contributed by atoms with Crippen LogP contribution in [0.1, 0.15) is 110 Å². The summed E-state index contributed by atoms with van der Waals surface area (Å²) in [6.07, 6.45) is 22.9. The Morgan fingerprint density at radius 2 is 1.22 bits per heavy atom. The molecule has 2 rings (SSSR count). The zero-order valence-corrected chi connectivity index (χ0v) is 15.6. The highest BCUT2D eigenvalue weighted by molar-refractivity contribution is 6.15. The van der Waals surface area contributed by atoms with Crippen LogP contribution >= 0.6 is 0 Å². The van der Waals surface area contributed by atoms with Crippen molar-refractivity contribution in [2.75, 3.05) is 6.61 Å². The van der Waals surface area contributed by atoms with Gasteiger partial charge in [-0.15, -0.1) is 0 Å². The van der Waals surface area contributed by atoms with Crippen LogP contribution in [-0.2, 0) is 4.65 Å². The average Bonchev–Trinajstić information content (AvgIpc) is 2.63. The van der Waals surface area contributed by atoms with Gasteiger partial charge in [-0.1, -0.05) is 103 Å². The molecule has 2 aliphatic rings. The van der Waals surface area contributed by atoms with Gasteiger partial charge in [-0.25, -0.2) is 0 Å². The molecule has 23 heavy (non-hydrogen) atoms. The first kappa shape index (κ1) is 21.0. The standard InChI is InChI=1S/C12H22.C8H18BO2/c1-3-7-11(8-4-1)12-9-5-2-6-10-12;1-2-3-4-5-6-7-8-11-9-10/h11-12H,1-10H2;10H,2-8H2,1H3. The molecule has 0 saturated heterocycles. The lowest BCUT2D eigenvalue weighted by Gasteiger charge is -2.32. The van der Waals surface area contributed by atoms with Gasteiger partial charge in [0.05, 0.1) is 0 Å². The highest BCUT2D eigenvalue weighted by Crippen LogP contribution is 2.37. The summed E-state index contributed by atoms with van der Waals surface area (Å²) in [6.45, 7) is 2.87. The highest BCUT2D eigenvalue weighted by Gasteiger charge is 2.24. The van der Waals surface area contributed by atoms with E-state index in [1.165, 1.54) is 70.6 Å². The normalized spacial score (nSPS) is 19.9. The molecule has 0 heterocycles. The van der Waals surface area contributed by atoms with Gasteiger partial charge in [-0.3, -0.25) is 0 Å². The van der Waals surface area contributed by atoms with Gasteiger partial charge < -0.3 is 9.68 Å². The largest absolute Gasteiger partial charge is 0.485 e. The zero-order chi connectivity index (χ0) is 16.6. The molecular formula is C20H40BO2. The monoisotopic (exact) mass is 323 g/mol. The SMILES string of the molecule is C1CCC(C2CCCCC2)CC1.CCCCCCCCO[B]O. The van der Waals surface area contributed by atoms with Gasteiger partial charge in [0.25, 0.3) is 0 Å². The van der Waals surface area contributed by atoms with Crippen LogP contribution in [0.3, 0.4) is 0 Å². The molecule has 0 amide bonds. The summed E-state index contributed by atoms with van der Waals surface area (Å²) in [5, 5.41) is 8.16. The summed E-state index contributed by atoms with van der Waals surface area (Å²) in [6, 6.07) is 0. The Hall–Kier alpha value is -0.0151. The topological polar surface area (TPSA) is 29.5 Å². The summed E-state index contributed by atoms with van der Waals surface area (Å²) in [4.78, 5) is 0. The van der Waals surface area contributed by atoms with Crippen molar-refractivity contribution >= 4 is 7.69 Å². The zero-order valence-electron chi connectivity index (χ0n) is 15.6. The maximum atomic E-state index is 8.16. The molecule has 2 fully saturated rings. The van der Waals surface area contributed by atoms with Crippen molar-refractivity contribution in [1.82, 2.24) is 0 Å². The first-order valence-corrected chi connectivity index (χ1v) is 10.5. The highest BCUT2D eigenvalue weighted by atomic mass is 16.5. The second-order valence-electron chi connectivity index (χ2n) is 7.54. The van der Waals surface area contributed by atoms with E-state index in [0.717, 1.165) is 25.9 Å². The Morgan fingerprint density at radius 1 is 0.739 bits per heavy atom. The van der Waals surface area contributed by atoms with Gasteiger partial charge in [0.15, 0.2) is 0 Å². The van der Waals surface area contributed by atoms with Crippen molar-refractivity contribution in [1.29, 1.82) is 0 Å². The fourth-order valence-electron chi connectivity index (χ4n) is 4.23. The van der Waals surface area contributed by atoms with Crippen LogP contribution in [0.2, 0.25) is 0 Å². The van der Waals surface area contributed by atoms with Crippen LogP contribution < -0.4 is 0 Å². The minimum Gasteiger partial charge on any atom is -0.429 e. The molecule has 2 nitrogen and oxygen atoms in total.